The molecule has 1 aromatic rings. The summed E-state index contributed by atoms with van der Waals surface area (Å²) >= 11 is 0. The van der Waals surface area contributed by atoms with Crippen molar-refractivity contribution in [2.24, 2.45) is 0 Å². The summed E-state index contributed by atoms with van der Waals surface area (Å²) in [5, 5.41) is 19.8. The van der Waals surface area contributed by atoms with Gasteiger partial charge in [-0.05, 0) is 18.2 Å². The van der Waals surface area contributed by atoms with Gasteiger partial charge in [0.2, 0.25) is 0 Å². The van der Waals surface area contributed by atoms with Crippen molar-refractivity contribution in [1.29, 1.82) is 0 Å². The third-order valence-corrected chi connectivity index (χ3v) is 2.34. The Hall–Kier alpha value is -1.48. The number of hydrogen-bond acceptors (Lipinski definition) is 3. The molecule has 0 aromatic heterocycles. The van der Waals surface area contributed by atoms with Crippen molar-refractivity contribution in [2.75, 3.05) is 18.5 Å². The second-order valence-electron chi connectivity index (χ2n) is 4.01. The normalized spacial score (nSPS) is 14.2. The zero-order chi connectivity index (χ0) is 15.6. The Labute approximate surface area is 109 Å². The van der Waals surface area contributed by atoms with Crippen LogP contribution < -0.4 is 5.32 Å². The molecule has 0 heterocycles. The van der Waals surface area contributed by atoms with Gasteiger partial charge in [-0.25, -0.2) is 0 Å². The maximum Gasteiger partial charge on any atom is 0.416 e. The maximum absolute atomic E-state index is 12.5. The number of benzene rings is 1. The third kappa shape index (κ3) is 4.57. The van der Waals surface area contributed by atoms with E-state index in [0.29, 0.717) is 12.1 Å². The van der Waals surface area contributed by atoms with Gasteiger partial charge in [-0.15, -0.1) is 0 Å². The van der Waals surface area contributed by atoms with Gasteiger partial charge in [0.15, 0.2) is 0 Å². The van der Waals surface area contributed by atoms with E-state index in [4.69, 9.17) is 10.2 Å². The first kappa shape index (κ1) is 16.6. The van der Waals surface area contributed by atoms with Crippen LogP contribution in [0.25, 0.3) is 0 Å². The molecule has 1 aromatic carbocycles. The minimum absolute atomic E-state index is 0.00759. The molecule has 3 N–H and O–H groups in total. The molecule has 0 saturated carbocycles. The summed E-state index contributed by atoms with van der Waals surface area (Å²) in [4.78, 5) is 0. The number of alkyl halides is 6. The van der Waals surface area contributed by atoms with E-state index in [0.717, 1.165) is 0 Å². The molecule has 114 valence electrons. The van der Waals surface area contributed by atoms with Gasteiger partial charge in [-0.3, -0.25) is 0 Å². The quantitative estimate of drug-likeness (QED) is 0.749. The second-order valence-corrected chi connectivity index (χ2v) is 4.01. The molecule has 1 atom stereocenters. The summed E-state index contributed by atoms with van der Waals surface area (Å²) in [6, 6.07) is 1.01. The van der Waals surface area contributed by atoms with Gasteiger partial charge >= 0.3 is 12.4 Å². The maximum atomic E-state index is 12.5. The van der Waals surface area contributed by atoms with E-state index in [1.165, 1.54) is 0 Å². The van der Waals surface area contributed by atoms with Gasteiger partial charge in [-0.2, -0.15) is 26.3 Å². The molecule has 20 heavy (non-hydrogen) atoms. The van der Waals surface area contributed by atoms with E-state index in [-0.39, 0.29) is 12.6 Å². The lowest BCUT2D eigenvalue weighted by molar-refractivity contribution is -0.143. The van der Waals surface area contributed by atoms with E-state index in [1.54, 1.807) is 0 Å². The van der Waals surface area contributed by atoms with Crippen molar-refractivity contribution in [3.8, 4) is 0 Å². The topological polar surface area (TPSA) is 52.5 Å². The van der Waals surface area contributed by atoms with Crippen LogP contribution in [0.4, 0.5) is 32.0 Å². The average Bonchev–Trinajstić information content (AvgIpc) is 2.33. The van der Waals surface area contributed by atoms with Crippen molar-refractivity contribution < 1.29 is 36.6 Å². The summed E-state index contributed by atoms with van der Waals surface area (Å²) in [7, 11) is 0. The summed E-state index contributed by atoms with van der Waals surface area (Å²) in [5.41, 5.74) is -3.35. The molecule has 0 radical (unpaired) electrons. The third-order valence-electron chi connectivity index (χ3n) is 2.34. The molecular weight excluding hydrogens is 292 g/mol. The Bertz CT molecular complexity index is 425. The van der Waals surface area contributed by atoms with Gasteiger partial charge in [0, 0.05) is 12.2 Å². The summed E-state index contributed by atoms with van der Waals surface area (Å²) < 4.78 is 75.1. The van der Waals surface area contributed by atoms with Gasteiger partial charge in [-0.1, -0.05) is 0 Å². The van der Waals surface area contributed by atoms with Crippen molar-refractivity contribution in [3.05, 3.63) is 29.3 Å². The van der Waals surface area contributed by atoms with Crippen LogP contribution in [0.3, 0.4) is 0 Å². The Balaban J connectivity index is 3.11. The monoisotopic (exact) mass is 303 g/mol. The SMILES string of the molecule is OC[C@@H](O)CNc1cc(C(F)(F)F)cc(C(F)(F)F)c1. The first-order valence-electron chi connectivity index (χ1n) is 5.36. The first-order valence-corrected chi connectivity index (χ1v) is 5.36. The first-order chi connectivity index (χ1) is 9.04. The highest BCUT2D eigenvalue weighted by atomic mass is 19.4. The smallest absolute Gasteiger partial charge is 0.394 e. The van der Waals surface area contributed by atoms with Crippen LogP contribution in [0.1, 0.15) is 11.1 Å². The highest BCUT2D eigenvalue weighted by Gasteiger charge is 2.36. The van der Waals surface area contributed by atoms with Crippen molar-refractivity contribution in [3.63, 3.8) is 0 Å². The van der Waals surface area contributed by atoms with Crippen LogP contribution >= 0.6 is 0 Å². The Morgan fingerprint density at radius 1 is 0.950 bits per heavy atom. The van der Waals surface area contributed by atoms with Crippen molar-refractivity contribution >= 4 is 5.69 Å². The summed E-state index contributed by atoms with van der Waals surface area (Å²) in [5.74, 6) is 0. The zero-order valence-electron chi connectivity index (χ0n) is 9.89. The molecule has 9 heteroatoms. The molecular formula is C11H11F6NO2. The van der Waals surface area contributed by atoms with Crippen LogP contribution in [0.2, 0.25) is 0 Å². The molecule has 3 nitrogen and oxygen atoms in total. The number of hydrogen-bond donors (Lipinski definition) is 3. The van der Waals surface area contributed by atoms with Gasteiger partial charge in [0.1, 0.15) is 0 Å². The van der Waals surface area contributed by atoms with Gasteiger partial charge in [0.05, 0.1) is 23.8 Å². The molecule has 0 aliphatic rings. The number of aliphatic hydroxyl groups is 2. The Morgan fingerprint density at radius 3 is 1.75 bits per heavy atom. The predicted octanol–water partition coefficient (Wildman–Crippen LogP) is 2.49. The van der Waals surface area contributed by atoms with Crippen molar-refractivity contribution in [1.82, 2.24) is 0 Å². The molecule has 0 spiro atoms. The number of halogens is 6. The standard InChI is InChI=1S/C11H11F6NO2/c12-10(13,14)6-1-7(11(15,16)17)3-8(2-6)18-4-9(20)5-19/h1-3,9,18-20H,4-5H2/t9-/m0/s1. The highest BCUT2D eigenvalue weighted by Crippen LogP contribution is 2.37. The van der Waals surface area contributed by atoms with E-state index < -0.39 is 41.9 Å². The fourth-order valence-electron chi connectivity index (χ4n) is 1.36. The molecule has 0 aliphatic carbocycles. The summed E-state index contributed by atoms with van der Waals surface area (Å²) in [6.07, 6.45) is -11.1. The van der Waals surface area contributed by atoms with Crippen LogP contribution in [-0.2, 0) is 12.4 Å². The minimum atomic E-state index is -4.92. The van der Waals surface area contributed by atoms with Gasteiger partial charge < -0.3 is 15.5 Å². The van der Waals surface area contributed by atoms with Crippen LogP contribution in [-0.4, -0.2) is 29.5 Å². The van der Waals surface area contributed by atoms with Gasteiger partial charge in [0.25, 0.3) is 0 Å². The average molecular weight is 303 g/mol. The number of aliphatic hydroxyl groups excluding tert-OH is 2. The molecule has 0 amide bonds. The minimum Gasteiger partial charge on any atom is -0.394 e. The number of anilines is 1. The lowest BCUT2D eigenvalue weighted by Gasteiger charge is -2.16. The fraction of sp³-hybridized carbons (Fsp3) is 0.455. The van der Waals surface area contributed by atoms with Crippen LogP contribution in [0.15, 0.2) is 18.2 Å². The van der Waals surface area contributed by atoms with E-state index in [1.807, 2.05) is 0 Å². The Morgan fingerprint density at radius 2 is 1.40 bits per heavy atom. The molecule has 1 rings (SSSR count). The highest BCUT2D eigenvalue weighted by molar-refractivity contribution is 5.50. The lowest BCUT2D eigenvalue weighted by atomic mass is 10.1. The largest absolute Gasteiger partial charge is 0.416 e. The molecule has 0 aliphatic heterocycles. The van der Waals surface area contributed by atoms with E-state index in [2.05, 4.69) is 5.32 Å². The second kappa shape index (κ2) is 5.88. The van der Waals surface area contributed by atoms with Crippen LogP contribution in [0, 0.1) is 0 Å². The van der Waals surface area contributed by atoms with Crippen molar-refractivity contribution in [2.45, 2.75) is 18.5 Å². The zero-order valence-corrected chi connectivity index (χ0v) is 9.89. The fourth-order valence-corrected chi connectivity index (χ4v) is 1.36. The van der Waals surface area contributed by atoms with E-state index >= 15 is 0 Å². The number of nitrogens with one attached hydrogen (secondary N) is 1. The lowest BCUT2D eigenvalue weighted by Crippen LogP contribution is -2.23. The van der Waals surface area contributed by atoms with E-state index in [9.17, 15) is 26.3 Å². The Kier molecular flexibility index (Phi) is 4.87. The number of rotatable bonds is 4. The molecule has 0 fully saturated rings. The molecule has 0 unspecified atom stereocenters. The molecule has 0 saturated heterocycles. The summed E-state index contributed by atoms with van der Waals surface area (Å²) in [6.45, 7) is -1.05. The van der Waals surface area contributed by atoms with Crippen LogP contribution in [0.5, 0.6) is 0 Å². The predicted molar refractivity (Wildman–Crippen MR) is 58.0 cm³/mol. The molecule has 0 bridgehead atoms.